The average Bonchev–Trinajstić information content (AvgIpc) is 2.27. The summed E-state index contributed by atoms with van der Waals surface area (Å²) in [5.41, 5.74) is 0.745. The Hall–Kier alpha value is -1.14. The van der Waals surface area contributed by atoms with Crippen molar-refractivity contribution in [2.24, 2.45) is 0 Å². The minimum absolute atomic E-state index is 0.121. The van der Waals surface area contributed by atoms with Gasteiger partial charge in [-0.25, -0.2) is 0 Å². The lowest BCUT2D eigenvalue weighted by molar-refractivity contribution is 0.0980. The Balaban J connectivity index is 2.41. The molecule has 15 heavy (non-hydrogen) atoms. The molecular weight excluding hydrogens is 254 g/mol. The minimum atomic E-state index is 0.121. The van der Waals surface area contributed by atoms with E-state index < -0.39 is 0 Å². The van der Waals surface area contributed by atoms with Gasteiger partial charge in [0.2, 0.25) is 0 Å². The Labute approximate surface area is 98.0 Å². The van der Waals surface area contributed by atoms with Crippen LogP contribution in [0.5, 0.6) is 0 Å². The van der Waals surface area contributed by atoms with Crippen LogP contribution in [0.3, 0.4) is 0 Å². The normalized spacial score (nSPS) is 11.7. The van der Waals surface area contributed by atoms with Gasteiger partial charge in [-0.05, 0) is 6.42 Å². The van der Waals surface area contributed by atoms with E-state index >= 15 is 0 Å². The molecule has 1 atom stereocenters. The number of halogens is 1. The van der Waals surface area contributed by atoms with Gasteiger partial charge >= 0.3 is 0 Å². The molecule has 0 aromatic heterocycles. The lowest BCUT2D eigenvalue weighted by atomic mass is 10.1. The second kappa shape index (κ2) is 6.36. The van der Waals surface area contributed by atoms with Crippen LogP contribution in [0.25, 0.3) is 0 Å². The molecule has 0 aliphatic rings. The zero-order chi connectivity index (χ0) is 11.1. The van der Waals surface area contributed by atoms with Crippen molar-refractivity contribution in [2.75, 3.05) is 0 Å². The summed E-state index contributed by atoms with van der Waals surface area (Å²) < 4.78 is 0. The smallest absolute Gasteiger partial charge is 0.162 e. The molecule has 1 aromatic carbocycles. The fourth-order valence-electron chi connectivity index (χ4n) is 1.26. The van der Waals surface area contributed by atoms with Gasteiger partial charge in [0.05, 0.1) is 6.07 Å². The largest absolute Gasteiger partial charge is 0.294 e. The highest BCUT2D eigenvalue weighted by Gasteiger charge is 2.09. The van der Waals surface area contributed by atoms with Crippen molar-refractivity contribution in [2.45, 2.75) is 24.1 Å². The first kappa shape index (κ1) is 11.9. The molecule has 0 saturated carbocycles. The SMILES string of the molecule is N#CCC(Br)CCC(=O)c1ccccc1. The molecule has 0 amide bonds. The Morgan fingerprint density at radius 1 is 1.40 bits per heavy atom. The van der Waals surface area contributed by atoms with Gasteiger partial charge in [0.1, 0.15) is 0 Å². The van der Waals surface area contributed by atoms with Crippen molar-refractivity contribution in [3.8, 4) is 6.07 Å². The molecular formula is C12H12BrNO. The number of rotatable bonds is 5. The molecule has 1 rings (SSSR count). The standard InChI is InChI=1S/C12H12BrNO/c13-11(8-9-14)6-7-12(15)10-4-2-1-3-5-10/h1-5,11H,6-8H2. The molecule has 0 spiro atoms. The number of hydrogen-bond acceptors (Lipinski definition) is 2. The van der Waals surface area contributed by atoms with E-state index in [-0.39, 0.29) is 10.6 Å². The first-order valence-corrected chi connectivity index (χ1v) is 5.75. The Kier molecular flexibility index (Phi) is 5.06. The van der Waals surface area contributed by atoms with E-state index in [0.717, 1.165) is 5.56 Å². The second-order valence-electron chi connectivity index (χ2n) is 3.29. The van der Waals surface area contributed by atoms with Gasteiger partial charge in [-0.3, -0.25) is 4.79 Å². The number of hydrogen-bond donors (Lipinski definition) is 0. The van der Waals surface area contributed by atoms with Crippen LogP contribution in [0.2, 0.25) is 0 Å². The number of carbonyl (C=O) groups excluding carboxylic acids is 1. The summed E-state index contributed by atoms with van der Waals surface area (Å²) in [6.45, 7) is 0. The summed E-state index contributed by atoms with van der Waals surface area (Å²) in [5, 5.41) is 8.45. The average molecular weight is 266 g/mol. The minimum Gasteiger partial charge on any atom is -0.294 e. The maximum absolute atomic E-state index is 11.6. The Bertz CT molecular complexity index is 356. The molecule has 0 N–H and O–H groups in total. The first-order chi connectivity index (χ1) is 7.24. The highest BCUT2D eigenvalue weighted by atomic mass is 79.9. The van der Waals surface area contributed by atoms with Crippen LogP contribution in [-0.4, -0.2) is 10.6 Å². The van der Waals surface area contributed by atoms with Crippen molar-refractivity contribution in [1.29, 1.82) is 5.26 Å². The third-order valence-corrected chi connectivity index (χ3v) is 2.87. The fourth-order valence-corrected chi connectivity index (χ4v) is 1.63. The van der Waals surface area contributed by atoms with Crippen molar-refractivity contribution >= 4 is 21.7 Å². The Morgan fingerprint density at radius 3 is 2.67 bits per heavy atom. The van der Waals surface area contributed by atoms with E-state index in [4.69, 9.17) is 5.26 Å². The van der Waals surface area contributed by atoms with Crippen molar-refractivity contribution in [3.63, 3.8) is 0 Å². The Morgan fingerprint density at radius 2 is 2.07 bits per heavy atom. The number of ketones is 1. The van der Waals surface area contributed by atoms with Gasteiger partial charge in [0.15, 0.2) is 5.78 Å². The zero-order valence-electron chi connectivity index (χ0n) is 8.32. The number of alkyl halides is 1. The highest BCUT2D eigenvalue weighted by Crippen LogP contribution is 2.14. The number of nitrogens with zero attached hydrogens (tertiary/aromatic N) is 1. The van der Waals surface area contributed by atoms with Crippen molar-refractivity contribution in [3.05, 3.63) is 35.9 Å². The lowest BCUT2D eigenvalue weighted by Crippen LogP contribution is -2.03. The lowest BCUT2D eigenvalue weighted by Gasteiger charge is -2.04. The highest BCUT2D eigenvalue weighted by molar-refractivity contribution is 9.09. The van der Waals surface area contributed by atoms with Crippen LogP contribution >= 0.6 is 15.9 Å². The molecule has 1 aromatic rings. The zero-order valence-corrected chi connectivity index (χ0v) is 9.90. The monoisotopic (exact) mass is 265 g/mol. The number of carbonyl (C=O) groups is 1. The van der Waals surface area contributed by atoms with Gasteiger partial charge in [0, 0.05) is 23.2 Å². The topological polar surface area (TPSA) is 40.9 Å². The summed E-state index contributed by atoms with van der Waals surface area (Å²) in [4.78, 5) is 11.8. The molecule has 2 nitrogen and oxygen atoms in total. The molecule has 0 radical (unpaired) electrons. The predicted molar refractivity (Wildman–Crippen MR) is 63.0 cm³/mol. The molecule has 0 aliphatic carbocycles. The van der Waals surface area contributed by atoms with E-state index in [1.807, 2.05) is 30.3 Å². The third-order valence-electron chi connectivity index (χ3n) is 2.09. The van der Waals surface area contributed by atoms with Crippen LogP contribution in [0.15, 0.2) is 30.3 Å². The van der Waals surface area contributed by atoms with Gasteiger partial charge in [-0.15, -0.1) is 0 Å². The maximum atomic E-state index is 11.6. The number of benzene rings is 1. The third kappa shape index (κ3) is 4.26. The molecule has 3 heteroatoms. The summed E-state index contributed by atoms with van der Waals surface area (Å²) in [6, 6.07) is 11.3. The summed E-state index contributed by atoms with van der Waals surface area (Å²) in [7, 11) is 0. The van der Waals surface area contributed by atoms with Gasteiger partial charge in [-0.1, -0.05) is 46.3 Å². The van der Waals surface area contributed by atoms with Crippen molar-refractivity contribution in [1.82, 2.24) is 0 Å². The second-order valence-corrected chi connectivity index (χ2v) is 4.58. The first-order valence-electron chi connectivity index (χ1n) is 4.83. The van der Waals surface area contributed by atoms with E-state index in [9.17, 15) is 4.79 Å². The van der Waals surface area contributed by atoms with E-state index in [1.54, 1.807) is 0 Å². The summed E-state index contributed by atoms with van der Waals surface area (Å²) >= 11 is 3.36. The molecule has 0 aliphatic heterocycles. The fraction of sp³-hybridized carbons (Fsp3) is 0.333. The van der Waals surface area contributed by atoms with Gasteiger partial charge < -0.3 is 0 Å². The van der Waals surface area contributed by atoms with Crippen LogP contribution in [0.1, 0.15) is 29.6 Å². The van der Waals surface area contributed by atoms with Crippen LogP contribution < -0.4 is 0 Å². The number of Topliss-reactive ketones (excluding diaryl/α,β-unsaturated/α-hetero) is 1. The van der Waals surface area contributed by atoms with Crippen LogP contribution in [0, 0.1) is 11.3 Å². The quantitative estimate of drug-likeness (QED) is 0.605. The van der Waals surface area contributed by atoms with Gasteiger partial charge in [-0.2, -0.15) is 5.26 Å². The molecule has 0 heterocycles. The molecule has 0 saturated heterocycles. The molecule has 0 bridgehead atoms. The summed E-state index contributed by atoms with van der Waals surface area (Å²) in [5.74, 6) is 0.137. The van der Waals surface area contributed by atoms with Crippen molar-refractivity contribution < 1.29 is 4.79 Å². The van der Waals surface area contributed by atoms with E-state index in [0.29, 0.717) is 19.3 Å². The van der Waals surface area contributed by atoms with Crippen LogP contribution in [0.4, 0.5) is 0 Å². The number of nitriles is 1. The van der Waals surface area contributed by atoms with Crippen LogP contribution in [-0.2, 0) is 0 Å². The maximum Gasteiger partial charge on any atom is 0.162 e. The van der Waals surface area contributed by atoms with Gasteiger partial charge in [0.25, 0.3) is 0 Å². The van der Waals surface area contributed by atoms with E-state index in [1.165, 1.54) is 0 Å². The molecule has 78 valence electrons. The van der Waals surface area contributed by atoms with E-state index in [2.05, 4.69) is 22.0 Å². The predicted octanol–water partition coefficient (Wildman–Crippen LogP) is 3.33. The summed E-state index contributed by atoms with van der Waals surface area (Å²) in [6.07, 6.45) is 1.64. The molecule has 1 unspecified atom stereocenters. The molecule has 0 fully saturated rings.